The van der Waals surface area contributed by atoms with Gasteiger partial charge in [0.2, 0.25) is 5.91 Å². The molecular weight excluding hydrogens is 491 g/mol. The van der Waals surface area contributed by atoms with Crippen molar-refractivity contribution in [3.63, 3.8) is 0 Å². The molecule has 2 aliphatic heterocycles. The minimum atomic E-state index is -1.43. The molecule has 3 aliphatic rings. The van der Waals surface area contributed by atoms with Crippen molar-refractivity contribution >= 4 is 40.8 Å². The maximum absolute atomic E-state index is 13.8. The van der Waals surface area contributed by atoms with E-state index in [9.17, 15) is 14.5 Å². The maximum Gasteiger partial charge on any atom is 0.313 e. The van der Waals surface area contributed by atoms with Crippen LogP contribution in [0.1, 0.15) is 34.9 Å². The van der Waals surface area contributed by atoms with Crippen molar-refractivity contribution in [2.24, 2.45) is 17.0 Å². The van der Waals surface area contributed by atoms with Crippen molar-refractivity contribution in [2.45, 2.75) is 23.9 Å². The zero-order valence-corrected chi connectivity index (χ0v) is 19.6. The summed E-state index contributed by atoms with van der Waals surface area (Å²) in [5, 5.41) is 6.86. The van der Waals surface area contributed by atoms with E-state index in [1.54, 1.807) is 36.4 Å². The molecule has 6 unspecified atom stereocenters. The molecule has 6 atom stereocenters. The van der Waals surface area contributed by atoms with Crippen LogP contribution in [-0.4, -0.2) is 17.5 Å². The van der Waals surface area contributed by atoms with E-state index in [4.69, 9.17) is 32.7 Å². The zero-order chi connectivity index (χ0) is 24.3. The molecule has 0 aromatic heterocycles. The van der Waals surface area contributed by atoms with Crippen LogP contribution in [0.25, 0.3) is 0 Å². The lowest BCUT2D eigenvalue weighted by Gasteiger charge is -2.29. The number of hydrogen-bond acceptors (Lipinski definition) is 6. The van der Waals surface area contributed by atoms with Gasteiger partial charge < -0.3 is 14.8 Å². The minimum Gasteiger partial charge on any atom is -0.454 e. The zero-order valence-electron chi connectivity index (χ0n) is 18.1. The second-order valence-corrected chi connectivity index (χ2v) is 9.69. The van der Waals surface area contributed by atoms with Crippen LogP contribution in [0.3, 0.4) is 0 Å². The van der Waals surface area contributed by atoms with Gasteiger partial charge in [-0.2, -0.15) is 4.91 Å². The van der Waals surface area contributed by atoms with Gasteiger partial charge in [-0.25, -0.2) is 0 Å². The largest absolute Gasteiger partial charge is 0.454 e. The monoisotopic (exact) mass is 508 g/mol. The number of rotatable bonds is 4. The molecule has 1 spiro atoms. The third kappa shape index (κ3) is 3.15. The van der Waals surface area contributed by atoms with Crippen LogP contribution in [0.2, 0.25) is 10.0 Å². The average Bonchev–Trinajstić information content (AvgIpc) is 3.44. The molecule has 6 rings (SSSR count). The molecule has 9 heteroatoms. The normalized spacial score (nSPS) is 30.2. The molecule has 7 nitrogen and oxygen atoms in total. The number of esters is 1. The SMILES string of the molecule is O=NC1c2ccccc2C2OC(=O)C3C(C(=O)Nc4ccc(Cl)c(Cl)c4)C(c4ccccc4)OC123. The van der Waals surface area contributed by atoms with Gasteiger partial charge in [-0.3, -0.25) is 9.59 Å². The molecule has 2 saturated heterocycles. The number of benzene rings is 3. The van der Waals surface area contributed by atoms with Crippen molar-refractivity contribution in [2.75, 3.05) is 5.32 Å². The quantitative estimate of drug-likeness (QED) is 0.355. The summed E-state index contributed by atoms with van der Waals surface area (Å²) in [5.41, 5.74) is 1.01. The number of halogens is 2. The number of carbonyl (C=O) groups is 2. The highest BCUT2D eigenvalue weighted by molar-refractivity contribution is 6.42. The molecule has 0 radical (unpaired) electrons. The van der Waals surface area contributed by atoms with Crippen LogP contribution in [0.5, 0.6) is 0 Å². The van der Waals surface area contributed by atoms with Gasteiger partial charge in [0.05, 0.1) is 22.1 Å². The topological polar surface area (TPSA) is 94.1 Å². The highest BCUT2D eigenvalue weighted by Crippen LogP contribution is 2.68. The van der Waals surface area contributed by atoms with Gasteiger partial charge in [-0.1, -0.05) is 83.0 Å². The number of anilines is 1. The Hall–Kier alpha value is -3.26. The van der Waals surface area contributed by atoms with Crippen molar-refractivity contribution in [1.82, 2.24) is 0 Å². The molecule has 0 saturated carbocycles. The first kappa shape index (κ1) is 22.2. The van der Waals surface area contributed by atoms with Crippen LogP contribution in [0.4, 0.5) is 5.69 Å². The molecule has 176 valence electrons. The Morgan fingerprint density at radius 3 is 2.37 bits per heavy atom. The van der Waals surface area contributed by atoms with Gasteiger partial charge >= 0.3 is 5.97 Å². The number of hydrogen-bond donors (Lipinski definition) is 1. The summed E-state index contributed by atoms with van der Waals surface area (Å²) in [5.74, 6) is -3.08. The molecule has 1 aliphatic carbocycles. The maximum atomic E-state index is 13.8. The summed E-state index contributed by atoms with van der Waals surface area (Å²) in [6.45, 7) is 0. The second kappa shape index (κ2) is 8.16. The lowest BCUT2D eigenvalue weighted by atomic mass is 9.75. The van der Waals surface area contributed by atoms with Gasteiger partial charge in [0.25, 0.3) is 0 Å². The van der Waals surface area contributed by atoms with Gasteiger partial charge in [0.1, 0.15) is 5.92 Å². The molecule has 2 fully saturated rings. The standard InChI is InChI=1S/C26H18Cl2N2O5/c27-17-11-10-14(12-18(17)28)29-24(31)19-20-25(32)34-23-16-9-5-4-8-15(16)22(30-33)26(20,23)35-21(19)13-6-2-1-3-7-13/h1-12,19-23H,(H,29,31). The molecule has 1 amide bonds. The molecule has 35 heavy (non-hydrogen) atoms. The number of ether oxygens (including phenoxy) is 2. The summed E-state index contributed by atoms with van der Waals surface area (Å²) >= 11 is 12.1. The Morgan fingerprint density at radius 1 is 0.943 bits per heavy atom. The van der Waals surface area contributed by atoms with E-state index < -0.39 is 47.6 Å². The molecule has 3 aromatic carbocycles. The average molecular weight is 509 g/mol. The Kier molecular flexibility index (Phi) is 5.18. The lowest BCUT2D eigenvalue weighted by Crippen LogP contribution is -2.42. The summed E-state index contributed by atoms with van der Waals surface area (Å²) in [7, 11) is 0. The van der Waals surface area contributed by atoms with Gasteiger partial charge in [0.15, 0.2) is 17.7 Å². The lowest BCUT2D eigenvalue weighted by molar-refractivity contribution is -0.152. The highest BCUT2D eigenvalue weighted by Gasteiger charge is 2.76. The van der Waals surface area contributed by atoms with Crippen LogP contribution < -0.4 is 5.32 Å². The summed E-state index contributed by atoms with van der Waals surface area (Å²) in [6.07, 6.45) is -1.65. The molecule has 2 heterocycles. The smallest absolute Gasteiger partial charge is 0.313 e. The van der Waals surface area contributed by atoms with Crippen molar-refractivity contribution in [3.05, 3.63) is 104 Å². The minimum absolute atomic E-state index is 0.278. The number of nitrogens with zero attached hydrogens (tertiary/aromatic N) is 1. The van der Waals surface area contributed by atoms with Crippen molar-refractivity contribution < 1.29 is 19.1 Å². The van der Waals surface area contributed by atoms with E-state index in [0.717, 1.165) is 0 Å². The number of nitrogens with one attached hydrogen (secondary N) is 1. The first-order valence-corrected chi connectivity index (χ1v) is 11.8. The fourth-order valence-electron chi connectivity index (χ4n) is 5.73. The number of nitroso groups, excluding NO2 is 1. The molecule has 0 bridgehead atoms. The Morgan fingerprint density at radius 2 is 1.66 bits per heavy atom. The fraction of sp³-hybridized carbons (Fsp3) is 0.231. The van der Waals surface area contributed by atoms with E-state index in [0.29, 0.717) is 27.4 Å². The first-order chi connectivity index (χ1) is 17.0. The molecule has 3 aromatic rings. The summed E-state index contributed by atoms with van der Waals surface area (Å²) in [6, 6.07) is 20.0. The Bertz CT molecular complexity index is 1370. The predicted molar refractivity (Wildman–Crippen MR) is 129 cm³/mol. The van der Waals surface area contributed by atoms with Gasteiger partial charge in [-0.15, -0.1) is 0 Å². The number of carbonyl (C=O) groups excluding carboxylic acids is 2. The van der Waals surface area contributed by atoms with Gasteiger partial charge in [-0.05, 0) is 29.3 Å². The Balaban J connectivity index is 1.47. The Labute approximate surface area is 210 Å². The molecule has 1 N–H and O–H groups in total. The predicted octanol–water partition coefficient (Wildman–Crippen LogP) is 5.79. The van der Waals surface area contributed by atoms with E-state index in [-0.39, 0.29) is 5.02 Å². The van der Waals surface area contributed by atoms with E-state index in [2.05, 4.69) is 10.5 Å². The van der Waals surface area contributed by atoms with Crippen LogP contribution in [0.15, 0.2) is 78.0 Å². The van der Waals surface area contributed by atoms with Crippen LogP contribution >= 0.6 is 23.2 Å². The highest BCUT2D eigenvalue weighted by atomic mass is 35.5. The third-order valence-corrected chi connectivity index (χ3v) is 7.86. The van der Waals surface area contributed by atoms with E-state index in [1.165, 1.54) is 6.07 Å². The summed E-state index contributed by atoms with van der Waals surface area (Å²) < 4.78 is 12.4. The van der Waals surface area contributed by atoms with Crippen LogP contribution in [0, 0.1) is 16.7 Å². The second-order valence-electron chi connectivity index (χ2n) is 8.88. The number of fused-ring (bicyclic) bond motifs is 2. The van der Waals surface area contributed by atoms with Crippen LogP contribution in [-0.2, 0) is 19.1 Å². The van der Waals surface area contributed by atoms with Gasteiger partial charge in [0, 0.05) is 11.3 Å². The summed E-state index contributed by atoms with van der Waals surface area (Å²) in [4.78, 5) is 39.3. The van der Waals surface area contributed by atoms with E-state index >= 15 is 0 Å². The van der Waals surface area contributed by atoms with E-state index in [1.807, 2.05) is 30.3 Å². The molecular formula is C26H18Cl2N2O5. The fourth-order valence-corrected chi connectivity index (χ4v) is 6.03. The van der Waals surface area contributed by atoms with Crippen molar-refractivity contribution in [1.29, 1.82) is 0 Å². The number of amides is 1. The van der Waals surface area contributed by atoms with Crippen molar-refractivity contribution in [3.8, 4) is 0 Å². The first-order valence-electron chi connectivity index (χ1n) is 11.1. The third-order valence-electron chi connectivity index (χ3n) is 7.12.